The van der Waals surface area contributed by atoms with Crippen LogP contribution in [0.15, 0.2) is 23.0 Å². The summed E-state index contributed by atoms with van der Waals surface area (Å²) in [5.41, 5.74) is 1.31. The summed E-state index contributed by atoms with van der Waals surface area (Å²) in [6.45, 7) is 5.64. The van der Waals surface area contributed by atoms with E-state index in [9.17, 15) is 0 Å². The van der Waals surface area contributed by atoms with Crippen LogP contribution in [-0.2, 0) is 6.42 Å². The van der Waals surface area contributed by atoms with Crippen molar-refractivity contribution in [1.29, 1.82) is 0 Å². The lowest BCUT2D eigenvalue weighted by atomic mass is 9.92. The molecule has 1 aromatic rings. The molecule has 1 aromatic heterocycles. The van der Waals surface area contributed by atoms with E-state index in [2.05, 4.69) is 25.2 Å². The summed E-state index contributed by atoms with van der Waals surface area (Å²) in [5.74, 6) is 1.48. The Bertz CT molecular complexity index is 228. The zero-order valence-electron chi connectivity index (χ0n) is 9.42. The first-order valence-electron chi connectivity index (χ1n) is 5.38. The van der Waals surface area contributed by atoms with Gasteiger partial charge in [-0.05, 0) is 49.9 Å². The van der Waals surface area contributed by atoms with Crippen molar-refractivity contribution in [3.8, 4) is 0 Å². The van der Waals surface area contributed by atoms with Crippen molar-refractivity contribution in [3.05, 3.63) is 24.2 Å². The normalized spacial score (nSPS) is 13.4. The molecule has 0 saturated heterocycles. The first-order valence-corrected chi connectivity index (χ1v) is 5.38. The van der Waals surface area contributed by atoms with Gasteiger partial charge in [0.15, 0.2) is 0 Å². The average molecular weight is 195 g/mol. The molecule has 0 radical (unpaired) electrons. The largest absolute Gasteiger partial charge is 0.472 e. The van der Waals surface area contributed by atoms with Crippen LogP contribution in [0.3, 0.4) is 0 Å². The van der Waals surface area contributed by atoms with Gasteiger partial charge in [0.25, 0.3) is 0 Å². The molecule has 0 fully saturated rings. The number of rotatable bonds is 6. The third-order valence-corrected chi connectivity index (χ3v) is 2.40. The molecule has 0 aliphatic carbocycles. The van der Waals surface area contributed by atoms with Gasteiger partial charge in [0.1, 0.15) is 0 Å². The molecule has 0 spiro atoms. The van der Waals surface area contributed by atoms with Crippen molar-refractivity contribution < 1.29 is 4.42 Å². The fourth-order valence-corrected chi connectivity index (χ4v) is 1.94. The van der Waals surface area contributed by atoms with Gasteiger partial charge in [0.2, 0.25) is 0 Å². The van der Waals surface area contributed by atoms with E-state index in [1.54, 1.807) is 6.26 Å². The van der Waals surface area contributed by atoms with Gasteiger partial charge >= 0.3 is 0 Å². The van der Waals surface area contributed by atoms with Crippen LogP contribution >= 0.6 is 0 Å². The SMILES string of the molecule is CNCC(Cc1ccoc1)CC(C)C. The Balaban J connectivity index is 2.42. The summed E-state index contributed by atoms with van der Waals surface area (Å²) in [7, 11) is 2.02. The van der Waals surface area contributed by atoms with Gasteiger partial charge in [-0.25, -0.2) is 0 Å². The van der Waals surface area contributed by atoms with Crippen molar-refractivity contribution in [2.24, 2.45) is 11.8 Å². The molecule has 1 heterocycles. The highest BCUT2D eigenvalue weighted by Gasteiger charge is 2.11. The molecule has 1 atom stereocenters. The van der Waals surface area contributed by atoms with Gasteiger partial charge in [0.05, 0.1) is 12.5 Å². The predicted octanol–water partition coefficient (Wildman–Crippen LogP) is 2.70. The smallest absolute Gasteiger partial charge is 0.0934 e. The molecule has 0 aromatic carbocycles. The lowest BCUT2D eigenvalue weighted by Gasteiger charge is -2.17. The van der Waals surface area contributed by atoms with Crippen LogP contribution in [0.4, 0.5) is 0 Å². The monoisotopic (exact) mass is 195 g/mol. The molecule has 80 valence electrons. The number of nitrogens with one attached hydrogen (secondary N) is 1. The molecule has 0 amide bonds. The summed E-state index contributed by atoms with van der Waals surface area (Å²) in [6.07, 6.45) is 5.99. The Morgan fingerprint density at radius 1 is 1.43 bits per heavy atom. The number of hydrogen-bond acceptors (Lipinski definition) is 2. The maximum absolute atomic E-state index is 5.08. The van der Waals surface area contributed by atoms with Crippen molar-refractivity contribution in [2.45, 2.75) is 26.7 Å². The molecule has 14 heavy (non-hydrogen) atoms. The predicted molar refractivity (Wildman–Crippen MR) is 59.3 cm³/mol. The van der Waals surface area contributed by atoms with E-state index >= 15 is 0 Å². The number of furan rings is 1. The summed E-state index contributed by atoms with van der Waals surface area (Å²) >= 11 is 0. The summed E-state index contributed by atoms with van der Waals surface area (Å²) in [4.78, 5) is 0. The van der Waals surface area contributed by atoms with Gasteiger partial charge in [-0.3, -0.25) is 0 Å². The van der Waals surface area contributed by atoms with Gasteiger partial charge in [-0.2, -0.15) is 0 Å². The van der Waals surface area contributed by atoms with Crippen LogP contribution in [0, 0.1) is 11.8 Å². The van der Waals surface area contributed by atoms with E-state index in [0.717, 1.165) is 24.8 Å². The van der Waals surface area contributed by atoms with E-state index < -0.39 is 0 Å². The molecule has 2 nitrogen and oxygen atoms in total. The van der Waals surface area contributed by atoms with E-state index in [-0.39, 0.29) is 0 Å². The fraction of sp³-hybridized carbons (Fsp3) is 0.667. The highest BCUT2D eigenvalue weighted by atomic mass is 16.3. The molecular formula is C12H21NO. The summed E-state index contributed by atoms with van der Waals surface area (Å²) in [5, 5.41) is 3.25. The van der Waals surface area contributed by atoms with Crippen molar-refractivity contribution in [2.75, 3.05) is 13.6 Å². The average Bonchev–Trinajstić information content (AvgIpc) is 2.56. The molecule has 1 unspecified atom stereocenters. The zero-order valence-corrected chi connectivity index (χ0v) is 9.42. The van der Waals surface area contributed by atoms with Crippen LogP contribution < -0.4 is 5.32 Å². The topological polar surface area (TPSA) is 25.2 Å². The fourth-order valence-electron chi connectivity index (χ4n) is 1.94. The maximum Gasteiger partial charge on any atom is 0.0934 e. The number of hydrogen-bond donors (Lipinski definition) is 1. The molecular weight excluding hydrogens is 174 g/mol. The molecule has 1 rings (SSSR count). The Hall–Kier alpha value is -0.760. The maximum atomic E-state index is 5.08. The summed E-state index contributed by atoms with van der Waals surface area (Å²) in [6, 6.07) is 2.06. The second-order valence-corrected chi connectivity index (χ2v) is 4.39. The van der Waals surface area contributed by atoms with Gasteiger partial charge in [0, 0.05) is 0 Å². The van der Waals surface area contributed by atoms with Gasteiger partial charge in [-0.1, -0.05) is 13.8 Å². The van der Waals surface area contributed by atoms with Crippen molar-refractivity contribution in [1.82, 2.24) is 5.32 Å². The highest BCUT2D eigenvalue weighted by molar-refractivity contribution is 5.06. The van der Waals surface area contributed by atoms with Gasteiger partial charge < -0.3 is 9.73 Å². The second kappa shape index (κ2) is 5.86. The lowest BCUT2D eigenvalue weighted by molar-refractivity contribution is 0.394. The quantitative estimate of drug-likeness (QED) is 0.755. The highest BCUT2D eigenvalue weighted by Crippen LogP contribution is 2.16. The van der Waals surface area contributed by atoms with Crippen molar-refractivity contribution in [3.63, 3.8) is 0 Å². The van der Waals surface area contributed by atoms with E-state index in [1.807, 2.05) is 13.3 Å². The molecule has 2 heteroatoms. The second-order valence-electron chi connectivity index (χ2n) is 4.39. The van der Waals surface area contributed by atoms with Crippen LogP contribution in [-0.4, -0.2) is 13.6 Å². The lowest BCUT2D eigenvalue weighted by Crippen LogP contribution is -2.22. The van der Waals surface area contributed by atoms with Crippen LogP contribution in [0.25, 0.3) is 0 Å². The first kappa shape index (κ1) is 11.3. The third kappa shape index (κ3) is 3.97. The van der Waals surface area contributed by atoms with E-state index in [4.69, 9.17) is 4.42 Å². The first-order chi connectivity index (χ1) is 6.72. The van der Waals surface area contributed by atoms with Crippen LogP contribution in [0.5, 0.6) is 0 Å². The van der Waals surface area contributed by atoms with E-state index in [1.165, 1.54) is 12.0 Å². The minimum absolute atomic E-state index is 0.720. The third-order valence-electron chi connectivity index (χ3n) is 2.40. The standard InChI is InChI=1S/C12H21NO/c1-10(2)6-12(8-13-3)7-11-4-5-14-9-11/h4-5,9-10,12-13H,6-8H2,1-3H3. The van der Waals surface area contributed by atoms with Crippen LogP contribution in [0.2, 0.25) is 0 Å². The Morgan fingerprint density at radius 2 is 2.21 bits per heavy atom. The zero-order chi connectivity index (χ0) is 10.4. The molecule has 0 saturated carbocycles. The van der Waals surface area contributed by atoms with Crippen LogP contribution in [0.1, 0.15) is 25.8 Å². The Labute approximate surface area is 86.7 Å². The molecule has 0 aliphatic rings. The van der Waals surface area contributed by atoms with E-state index in [0.29, 0.717) is 0 Å². The Morgan fingerprint density at radius 3 is 2.71 bits per heavy atom. The minimum atomic E-state index is 0.720. The molecule has 1 N–H and O–H groups in total. The van der Waals surface area contributed by atoms with Gasteiger partial charge in [-0.15, -0.1) is 0 Å². The summed E-state index contributed by atoms with van der Waals surface area (Å²) < 4.78 is 5.08. The minimum Gasteiger partial charge on any atom is -0.472 e. The molecule has 0 aliphatic heterocycles. The Kier molecular flexibility index (Phi) is 4.74. The van der Waals surface area contributed by atoms with Crippen molar-refractivity contribution >= 4 is 0 Å². The molecule has 0 bridgehead atoms.